The van der Waals surface area contributed by atoms with Crippen LogP contribution in [0.5, 0.6) is 0 Å². The van der Waals surface area contributed by atoms with Crippen LogP contribution in [0, 0.1) is 0 Å². The molecule has 8 heteroatoms. The number of nitrogens with one attached hydrogen (secondary N) is 1. The normalized spacial score (nSPS) is 17.3. The van der Waals surface area contributed by atoms with E-state index >= 15 is 0 Å². The molecular weight excluding hydrogens is 340 g/mol. The molecule has 1 saturated heterocycles. The van der Waals surface area contributed by atoms with Crippen LogP contribution in [0.25, 0.3) is 0 Å². The van der Waals surface area contributed by atoms with Gasteiger partial charge in [-0.15, -0.1) is 0 Å². The maximum atomic E-state index is 12.5. The lowest BCUT2D eigenvalue weighted by molar-refractivity contribution is -0.0734. The number of ether oxygens (including phenoxy) is 1. The molecule has 1 aliphatic rings. The fraction of sp³-hybridized carbons (Fsp3) is 0.538. The molecule has 7 nitrogen and oxygen atoms in total. The third-order valence-electron chi connectivity index (χ3n) is 3.52. The third kappa shape index (κ3) is 3.91. The number of carbonyl (C=O) groups is 1. The van der Waals surface area contributed by atoms with Crippen LogP contribution in [0.15, 0.2) is 16.7 Å². The third-order valence-corrected chi connectivity index (χ3v) is 3.96. The Morgan fingerprint density at radius 3 is 2.90 bits per heavy atom. The van der Waals surface area contributed by atoms with Gasteiger partial charge in [-0.3, -0.25) is 4.79 Å². The van der Waals surface area contributed by atoms with Crippen molar-refractivity contribution in [3.8, 4) is 0 Å². The van der Waals surface area contributed by atoms with Crippen LogP contribution in [0.3, 0.4) is 0 Å². The number of amides is 1. The zero-order valence-electron chi connectivity index (χ0n) is 11.8. The Bertz CT molecular complexity index is 520. The van der Waals surface area contributed by atoms with E-state index in [1.807, 2.05) is 0 Å². The summed E-state index contributed by atoms with van der Waals surface area (Å²) >= 11 is 3.28. The van der Waals surface area contributed by atoms with Crippen molar-refractivity contribution in [2.24, 2.45) is 5.84 Å². The van der Waals surface area contributed by atoms with E-state index in [2.05, 4.69) is 26.3 Å². The molecule has 0 atom stereocenters. The van der Waals surface area contributed by atoms with E-state index in [9.17, 15) is 9.90 Å². The second-order valence-corrected chi connectivity index (χ2v) is 6.11. The van der Waals surface area contributed by atoms with Gasteiger partial charge in [0.1, 0.15) is 0 Å². The Labute approximate surface area is 131 Å². The minimum Gasteiger partial charge on any atom is -0.388 e. The van der Waals surface area contributed by atoms with Crippen molar-refractivity contribution in [2.45, 2.75) is 18.4 Å². The maximum Gasteiger partial charge on any atom is 0.257 e. The minimum absolute atomic E-state index is 0.242. The molecule has 1 aliphatic heterocycles. The predicted molar refractivity (Wildman–Crippen MR) is 81.7 cm³/mol. The predicted octanol–water partition coefficient (Wildman–Crippen LogP) is 0.743. The monoisotopic (exact) mass is 358 g/mol. The Kier molecular flexibility index (Phi) is 5.15. The first kappa shape index (κ1) is 16.2. The molecule has 0 radical (unpaired) electrons. The molecule has 0 bridgehead atoms. The Balaban J connectivity index is 2.13. The Hall–Kier alpha value is -1.22. The van der Waals surface area contributed by atoms with Gasteiger partial charge in [0.2, 0.25) is 0 Å². The number of anilines is 1. The lowest BCUT2D eigenvalue weighted by Crippen LogP contribution is -2.47. The van der Waals surface area contributed by atoms with E-state index in [-0.39, 0.29) is 12.5 Å². The molecule has 0 aliphatic carbocycles. The molecule has 0 spiro atoms. The highest BCUT2D eigenvalue weighted by Gasteiger charge is 2.33. The molecule has 1 aromatic heterocycles. The summed E-state index contributed by atoms with van der Waals surface area (Å²) in [4.78, 5) is 18.1. The van der Waals surface area contributed by atoms with Crippen LogP contribution >= 0.6 is 15.9 Å². The standard InChI is InChI=1S/C13H19BrN4O3/c1-18(8-13(20)2-4-21-5-3-13)12(19)10-6-9(14)7-16-11(10)17-15/h6-7,20H,2-5,8,15H2,1H3,(H,16,17). The summed E-state index contributed by atoms with van der Waals surface area (Å²) < 4.78 is 5.92. The smallest absolute Gasteiger partial charge is 0.257 e. The van der Waals surface area contributed by atoms with Crippen LogP contribution < -0.4 is 11.3 Å². The number of nitrogens with two attached hydrogens (primary N) is 1. The number of rotatable bonds is 4. The molecule has 4 N–H and O–H groups in total. The molecule has 1 aromatic rings. The number of hydrogen-bond acceptors (Lipinski definition) is 6. The van der Waals surface area contributed by atoms with Gasteiger partial charge in [0, 0.05) is 50.3 Å². The van der Waals surface area contributed by atoms with Gasteiger partial charge in [-0.05, 0) is 22.0 Å². The molecular formula is C13H19BrN4O3. The number of halogens is 1. The Morgan fingerprint density at radius 2 is 2.29 bits per heavy atom. The summed E-state index contributed by atoms with van der Waals surface area (Å²) in [5.74, 6) is 5.43. The first-order chi connectivity index (χ1) is 9.95. The fourth-order valence-corrected chi connectivity index (χ4v) is 2.68. The zero-order valence-corrected chi connectivity index (χ0v) is 13.4. The Morgan fingerprint density at radius 1 is 1.62 bits per heavy atom. The van der Waals surface area contributed by atoms with E-state index in [1.165, 1.54) is 4.90 Å². The van der Waals surface area contributed by atoms with Gasteiger partial charge in [-0.25, -0.2) is 10.8 Å². The summed E-state index contributed by atoms with van der Waals surface area (Å²) in [7, 11) is 1.65. The van der Waals surface area contributed by atoms with Crippen LogP contribution in [-0.2, 0) is 4.74 Å². The van der Waals surface area contributed by atoms with Gasteiger partial charge >= 0.3 is 0 Å². The topological polar surface area (TPSA) is 101 Å². The molecule has 1 fully saturated rings. The number of hydrogen-bond donors (Lipinski definition) is 3. The molecule has 21 heavy (non-hydrogen) atoms. The highest BCUT2D eigenvalue weighted by Crippen LogP contribution is 2.24. The largest absolute Gasteiger partial charge is 0.388 e. The summed E-state index contributed by atoms with van der Waals surface area (Å²) in [6.07, 6.45) is 2.59. The first-order valence-electron chi connectivity index (χ1n) is 6.63. The molecule has 1 amide bonds. The first-order valence-corrected chi connectivity index (χ1v) is 7.42. The van der Waals surface area contributed by atoms with Gasteiger partial charge in [0.05, 0.1) is 11.2 Å². The number of carbonyl (C=O) groups excluding carboxylic acids is 1. The molecule has 2 heterocycles. The van der Waals surface area contributed by atoms with Crippen molar-refractivity contribution in [1.29, 1.82) is 0 Å². The van der Waals surface area contributed by atoms with Crippen molar-refractivity contribution in [1.82, 2.24) is 9.88 Å². The fourth-order valence-electron chi connectivity index (χ4n) is 2.35. The molecule has 0 aromatic carbocycles. The number of pyridine rings is 1. The number of nitrogens with zero attached hydrogens (tertiary/aromatic N) is 2. The number of aromatic nitrogens is 1. The number of hydrazine groups is 1. The summed E-state index contributed by atoms with van der Waals surface area (Å²) in [5.41, 5.74) is 1.86. The van der Waals surface area contributed by atoms with Crippen molar-refractivity contribution in [3.63, 3.8) is 0 Å². The second-order valence-electron chi connectivity index (χ2n) is 5.19. The molecule has 0 unspecified atom stereocenters. The highest BCUT2D eigenvalue weighted by atomic mass is 79.9. The molecule has 2 rings (SSSR count). The number of likely N-dealkylation sites (N-methyl/N-ethyl adjacent to an activating group) is 1. The van der Waals surface area contributed by atoms with Crippen molar-refractivity contribution in [2.75, 3.05) is 32.2 Å². The lowest BCUT2D eigenvalue weighted by Gasteiger charge is -2.35. The van der Waals surface area contributed by atoms with E-state index in [0.717, 1.165) is 0 Å². The number of aliphatic hydroxyl groups is 1. The summed E-state index contributed by atoms with van der Waals surface area (Å²) in [6.45, 7) is 1.25. The molecule has 116 valence electrons. The summed E-state index contributed by atoms with van der Waals surface area (Å²) in [5, 5.41) is 10.5. The van der Waals surface area contributed by atoms with Crippen molar-refractivity contribution < 1.29 is 14.6 Å². The van der Waals surface area contributed by atoms with Gasteiger partial charge in [-0.2, -0.15) is 0 Å². The second kappa shape index (κ2) is 6.69. The van der Waals surface area contributed by atoms with E-state index in [1.54, 1.807) is 19.3 Å². The van der Waals surface area contributed by atoms with Gasteiger partial charge < -0.3 is 20.2 Å². The van der Waals surface area contributed by atoms with Crippen molar-refractivity contribution >= 4 is 27.7 Å². The average Bonchev–Trinajstić information content (AvgIpc) is 2.46. The summed E-state index contributed by atoms with van der Waals surface area (Å²) in [6, 6.07) is 1.65. The minimum atomic E-state index is -0.904. The maximum absolute atomic E-state index is 12.5. The SMILES string of the molecule is CN(CC1(O)CCOCC1)C(=O)c1cc(Br)cnc1NN. The van der Waals surface area contributed by atoms with Crippen LogP contribution in [-0.4, -0.2) is 53.3 Å². The van der Waals surface area contributed by atoms with E-state index < -0.39 is 5.60 Å². The number of nitrogen functional groups attached to an aromatic ring is 1. The van der Waals surface area contributed by atoms with Crippen LogP contribution in [0.1, 0.15) is 23.2 Å². The van der Waals surface area contributed by atoms with Crippen LogP contribution in [0.2, 0.25) is 0 Å². The van der Waals surface area contributed by atoms with Gasteiger partial charge in [-0.1, -0.05) is 0 Å². The van der Waals surface area contributed by atoms with Crippen molar-refractivity contribution in [3.05, 3.63) is 22.3 Å². The quantitative estimate of drug-likeness (QED) is 0.542. The van der Waals surface area contributed by atoms with Gasteiger partial charge in [0.15, 0.2) is 5.82 Å². The van der Waals surface area contributed by atoms with E-state index in [0.29, 0.717) is 41.9 Å². The van der Waals surface area contributed by atoms with Crippen LogP contribution in [0.4, 0.5) is 5.82 Å². The lowest BCUT2D eigenvalue weighted by atomic mass is 9.94. The average molecular weight is 359 g/mol. The zero-order chi connectivity index (χ0) is 15.5. The molecule has 0 saturated carbocycles. The van der Waals surface area contributed by atoms with Gasteiger partial charge in [0.25, 0.3) is 5.91 Å². The highest BCUT2D eigenvalue weighted by molar-refractivity contribution is 9.10. The van der Waals surface area contributed by atoms with E-state index in [4.69, 9.17) is 10.6 Å².